The Balaban J connectivity index is 1.04. The monoisotopic (exact) mass is 892 g/mol. The molecule has 0 spiro atoms. The number of halogens is 1. The number of benzene rings is 3. The molecule has 2 atom stereocenters. The molecule has 0 saturated carbocycles. The maximum atomic E-state index is 16.6. The Kier molecular flexibility index (Phi) is 15.4. The fraction of sp³-hybridized carbons (Fsp3) is 0.326. The number of fused-ring (bicyclic) bond motifs is 1. The van der Waals surface area contributed by atoms with E-state index in [2.05, 4.69) is 38.3 Å². The summed E-state index contributed by atoms with van der Waals surface area (Å²) in [5.41, 5.74) is 10.3. The molecule has 0 radical (unpaired) electrons. The molecule has 7 N–H and O–H groups in total. The number of carbonyl (C=O) groups excluding carboxylic acids is 5. The highest BCUT2D eigenvalue weighted by Crippen LogP contribution is 2.36. The van der Waals surface area contributed by atoms with Crippen molar-refractivity contribution >= 4 is 75.7 Å². The summed E-state index contributed by atoms with van der Waals surface area (Å²) in [4.78, 5) is 69.0. The molecule has 3 heterocycles. The molecule has 0 aliphatic carbocycles. The molecule has 336 valence electrons. The summed E-state index contributed by atoms with van der Waals surface area (Å²) in [6.07, 6.45) is 3.53. The van der Waals surface area contributed by atoms with E-state index in [-0.39, 0.29) is 46.4 Å². The summed E-state index contributed by atoms with van der Waals surface area (Å²) in [7, 11) is 0. The Hall–Kier alpha value is -6.79. The van der Waals surface area contributed by atoms with E-state index in [9.17, 15) is 24.0 Å². The predicted molar refractivity (Wildman–Crippen MR) is 246 cm³/mol. The van der Waals surface area contributed by atoms with Crippen molar-refractivity contribution in [2.75, 3.05) is 34.4 Å². The Labute approximate surface area is 375 Å². The van der Waals surface area contributed by atoms with Crippen molar-refractivity contribution < 1.29 is 33.1 Å². The molecule has 1 aliphatic rings. The van der Waals surface area contributed by atoms with E-state index in [0.717, 1.165) is 17.2 Å². The van der Waals surface area contributed by atoms with E-state index in [4.69, 9.17) is 15.5 Å². The average molecular weight is 893 g/mol. The fourth-order valence-electron chi connectivity index (χ4n) is 6.64. The lowest BCUT2D eigenvalue weighted by molar-refractivity contribution is -0.127. The van der Waals surface area contributed by atoms with Crippen LogP contribution >= 0.6 is 11.8 Å². The lowest BCUT2D eigenvalue weighted by Crippen LogP contribution is -2.50. The van der Waals surface area contributed by atoms with Crippen molar-refractivity contribution in [3.05, 3.63) is 114 Å². The third-order valence-electron chi connectivity index (χ3n) is 10.5. The molecule has 5 aromatic rings. The van der Waals surface area contributed by atoms with Crippen LogP contribution in [0.25, 0.3) is 5.65 Å². The standard InChI is InChI=1S/C46H53FN10O6S/c1-7-37(58)51-31-17-13-30(14-18-31)43(60)54-34-10-8-9-33(23-34)52-41-38(47)45(55-40-36(26(2)3)24-49-57(40)41)64-35-19-21-56(22-20-35)46(62)63-25-29-11-15-32(16-12-29)53-42(59)28(6)50-44(61)39(48)27(4)5/h7-18,23-24,26-28,35,39,52H,1,19-22,25,48H2,2-6H3,(H,50,61)(H,51,58)(H,53,59)(H,54,60)/t28-,39-/m0/s1. The molecular weight excluding hydrogens is 840 g/mol. The number of nitrogens with one attached hydrogen (secondary N) is 5. The average Bonchev–Trinajstić information content (AvgIpc) is 3.71. The van der Waals surface area contributed by atoms with Gasteiger partial charge in [-0.05, 0) is 97.8 Å². The Morgan fingerprint density at radius 2 is 1.55 bits per heavy atom. The maximum absolute atomic E-state index is 16.6. The molecule has 1 aliphatic heterocycles. The summed E-state index contributed by atoms with van der Waals surface area (Å²) in [6, 6.07) is 18.6. The third kappa shape index (κ3) is 11.8. The smallest absolute Gasteiger partial charge is 0.410 e. The Morgan fingerprint density at radius 3 is 2.20 bits per heavy atom. The van der Waals surface area contributed by atoms with Crippen LogP contribution in [0.5, 0.6) is 0 Å². The van der Waals surface area contributed by atoms with E-state index < -0.39 is 35.8 Å². The number of hydrogen-bond donors (Lipinski definition) is 6. The van der Waals surface area contributed by atoms with E-state index in [1.165, 1.54) is 16.3 Å². The van der Waals surface area contributed by atoms with E-state index >= 15 is 4.39 Å². The van der Waals surface area contributed by atoms with Gasteiger partial charge in [0.1, 0.15) is 17.7 Å². The lowest BCUT2D eigenvalue weighted by Gasteiger charge is -2.31. The van der Waals surface area contributed by atoms with E-state index in [1.54, 1.807) is 90.8 Å². The highest BCUT2D eigenvalue weighted by molar-refractivity contribution is 7.99. The van der Waals surface area contributed by atoms with E-state index in [1.807, 2.05) is 27.7 Å². The van der Waals surface area contributed by atoms with Gasteiger partial charge in [0.15, 0.2) is 17.3 Å². The molecule has 5 amide bonds. The van der Waals surface area contributed by atoms with Gasteiger partial charge in [0.05, 0.1) is 12.2 Å². The molecule has 1 fully saturated rings. The fourth-order valence-corrected chi connectivity index (χ4v) is 7.74. The highest BCUT2D eigenvalue weighted by Gasteiger charge is 2.28. The van der Waals surface area contributed by atoms with Crippen molar-refractivity contribution in [3.8, 4) is 0 Å². The van der Waals surface area contributed by atoms with Gasteiger partial charge < -0.3 is 42.0 Å². The van der Waals surface area contributed by atoms with E-state index in [0.29, 0.717) is 59.9 Å². The molecule has 64 heavy (non-hydrogen) atoms. The van der Waals surface area contributed by atoms with Gasteiger partial charge in [-0.2, -0.15) is 14.0 Å². The van der Waals surface area contributed by atoms with Crippen LogP contribution in [0.15, 0.2) is 96.7 Å². The summed E-state index contributed by atoms with van der Waals surface area (Å²) < 4.78 is 23.6. The third-order valence-corrected chi connectivity index (χ3v) is 11.8. The van der Waals surface area contributed by atoms with Gasteiger partial charge >= 0.3 is 6.09 Å². The number of piperidine rings is 1. The van der Waals surface area contributed by atoms with Crippen LogP contribution in [-0.2, 0) is 25.7 Å². The minimum atomic E-state index is -0.792. The predicted octanol–water partition coefficient (Wildman–Crippen LogP) is 7.43. The van der Waals surface area contributed by atoms with Gasteiger partial charge in [-0.25, -0.2) is 9.78 Å². The SMILES string of the molecule is C=CC(=O)Nc1ccc(C(=O)Nc2cccc(Nc3c(F)c(SC4CCN(C(=O)OCc5ccc(NC(=O)[C@H](C)NC(=O)[C@@H](N)C(C)C)cc5)CC4)nc4c(C(C)C)cnn34)c2)cc1. The summed E-state index contributed by atoms with van der Waals surface area (Å²) in [5.74, 6) is -2.04. The van der Waals surface area contributed by atoms with Crippen LogP contribution < -0.4 is 32.3 Å². The zero-order valence-corrected chi connectivity index (χ0v) is 37.1. The number of likely N-dealkylation sites (tertiary alicyclic amines) is 1. The number of ether oxygens (including phenoxy) is 1. The largest absolute Gasteiger partial charge is 0.445 e. The van der Waals surface area contributed by atoms with Crippen LogP contribution in [0.1, 0.15) is 74.9 Å². The number of carbonyl (C=O) groups is 5. The second kappa shape index (κ2) is 21.1. The number of aromatic nitrogens is 3. The molecule has 6 rings (SSSR count). The molecule has 0 bridgehead atoms. The van der Waals surface area contributed by atoms with Crippen molar-refractivity contribution in [1.29, 1.82) is 0 Å². The first-order valence-corrected chi connectivity index (χ1v) is 21.8. The summed E-state index contributed by atoms with van der Waals surface area (Å²) >= 11 is 1.32. The minimum absolute atomic E-state index is 0.0253. The molecular formula is C46H53FN10O6S. The number of nitrogens with two attached hydrogens (primary N) is 1. The normalized spacial score (nSPS) is 13.9. The summed E-state index contributed by atoms with van der Waals surface area (Å²) in [6.45, 7) is 13.5. The van der Waals surface area contributed by atoms with Gasteiger partial charge in [-0.15, -0.1) is 0 Å². The van der Waals surface area contributed by atoms with Gasteiger partial charge in [-0.3, -0.25) is 19.2 Å². The zero-order valence-electron chi connectivity index (χ0n) is 36.3. The number of rotatable bonds is 16. The van der Waals surface area contributed by atoms with Crippen molar-refractivity contribution in [2.45, 2.75) is 82.3 Å². The second-order valence-corrected chi connectivity index (χ2v) is 17.3. The molecule has 1 saturated heterocycles. The second-order valence-electron chi connectivity index (χ2n) is 16.0. The molecule has 3 aromatic carbocycles. The summed E-state index contributed by atoms with van der Waals surface area (Å²) in [5, 5.41) is 18.7. The van der Waals surface area contributed by atoms with Crippen LogP contribution in [-0.4, -0.2) is 79.6 Å². The van der Waals surface area contributed by atoms with Crippen molar-refractivity contribution in [2.24, 2.45) is 11.7 Å². The molecule has 18 heteroatoms. The maximum Gasteiger partial charge on any atom is 0.410 e. The lowest BCUT2D eigenvalue weighted by atomic mass is 10.0. The number of thioether (sulfide) groups is 1. The first-order chi connectivity index (χ1) is 30.6. The Bertz CT molecular complexity index is 2510. The molecule has 0 unspecified atom stereocenters. The minimum Gasteiger partial charge on any atom is -0.445 e. The highest BCUT2D eigenvalue weighted by atomic mass is 32.2. The van der Waals surface area contributed by atoms with Crippen LogP contribution in [0.2, 0.25) is 0 Å². The molecule has 2 aromatic heterocycles. The van der Waals surface area contributed by atoms with Crippen LogP contribution in [0.3, 0.4) is 0 Å². The number of hydrogen-bond acceptors (Lipinski definition) is 11. The topological polar surface area (TPSA) is 214 Å². The number of nitrogens with zero attached hydrogens (tertiary/aromatic N) is 4. The van der Waals surface area contributed by atoms with Gasteiger partial charge in [0.25, 0.3) is 5.91 Å². The van der Waals surface area contributed by atoms with Gasteiger partial charge in [0.2, 0.25) is 17.7 Å². The van der Waals surface area contributed by atoms with Crippen molar-refractivity contribution in [3.63, 3.8) is 0 Å². The van der Waals surface area contributed by atoms with Gasteiger partial charge in [0, 0.05) is 52.2 Å². The van der Waals surface area contributed by atoms with Crippen LogP contribution in [0.4, 0.5) is 37.8 Å². The molecule has 16 nitrogen and oxygen atoms in total. The number of anilines is 5. The van der Waals surface area contributed by atoms with Crippen LogP contribution in [0, 0.1) is 11.7 Å². The van der Waals surface area contributed by atoms with Gasteiger partial charge in [-0.1, -0.05) is 64.2 Å². The first kappa shape index (κ1) is 46.7. The zero-order chi connectivity index (χ0) is 46.1. The Morgan fingerprint density at radius 1 is 0.891 bits per heavy atom. The van der Waals surface area contributed by atoms with Crippen molar-refractivity contribution in [1.82, 2.24) is 24.8 Å². The quantitative estimate of drug-likeness (QED) is 0.0423. The first-order valence-electron chi connectivity index (χ1n) is 20.9. The number of amides is 5.